The maximum atomic E-state index is 11.6. The first-order chi connectivity index (χ1) is 9.57. The van der Waals surface area contributed by atoms with Crippen LogP contribution in [0.1, 0.15) is 0 Å². The third kappa shape index (κ3) is 5.24. The zero-order valence-corrected chi connectivity index (χ0v) is 13.3. The van der Waals surface area contributed by atoms with Crippen molar-refractivity contribution in [3.8, 4) is 0 Å². The maximum Gasteiger partial charge on any atom is 0.284 e. The number of primary sulfonamides is 1. The Balaban J connectivity index is 3.09. The lowest BCUT2D eigenvalue weighted by molar-refractivity contribution is -0.388. The van der Waals surface area contributed by atoms with Crippen LogP contribution in [0.3, 0.4) is 0 Å². The van der Waals surface area contributed by atoms with E-state index in [2.05, 4.69) is 4.72 Å². The molecule has 0 heterocycles. The standard InChI is InChI=1S/C9H13N3O6S3/c1-11-21(17,18)7-2-3-9(8(6-7)12(13)14)19-4-5-20(10,15)16/h2-3,6,11H,4-5H2,1H3,(H2,10,15,16). The summed E-state index contributed by atoms with van der Waals surface area (Å²) in [5.41, 5.74) is -0.411. The van der Waals surface area contributed by atoms with E-state index in [1.165, 1.54) is 19.2 Å². The van der Waals surface area contributed by atoms with Crippen LogP contribution in [0.2, 0.25) is 0 Å². The van der Waals surface area contributed by atoms with Crippen molar-refractivity contribution in [1.29, 1.82) is 0 Å². The van der Waals surface area contributed by atoms with Gasteiger partial charge in [0, 0.05) is 11.8 Å². The second kappa shape index (κ2) is 6.70. The van der Waals surface area contributed by atoms with Crippen molar-refractivity contribution in [2.45, 2.75) is 9.79 Å². The van der Waals surface area contributed by atoms with Crippen molar-refractivity contribution in [3.63, 3.8) is 0 Å². The van der Waals surface area contributed by atoms with Crippen LogP contribution in [-0.4, -0.2) is 40.3 Å². The number of nitro groups is 1. The minimum atomic E-state index is -3.79. The topological polar surface area (TPSA) is 149 Å². The quantitative estimate of drug-likeness (QED) is 0.393. The van der Waals surface area contributed by atoms with E-state index in [1.807, 2.05) is 0 Å². The second-order valence-corrected chi connectivity index (χ2v) is 8.57. The third-order valence-electron chi connectivity index (χ3n) is 2.33. The molecule has 118 valence electrons. The highest BCUT2D eigenvalue weighted by Gasteiger charge is 2.20. The number of hydrogen-bond acceptors (Lipinski definition) is 7. The summed E-state index contributed by atoms with van der Waals surface area (Å²) in [4.78, 5) is 10.2. The summed E-state index contributed by atoms with van der Waals surface area (Å²) in [6.45, 7) is 0. The summed E-state index contributed by atoms with van der Waals surface area (Å²) < 4.78 is 46.9. The Morgan fingerprint density at radius 3 is 2.43 bits per heavy atom. The summed E-state index contributed by atoms with van der Waals surface area (Å²) in [5, 5.41) is 15.8. The van der Waals surface area contributed by atoms with E-state index in [-0.39, 0.29) is 21.3 Å². The van der Waals surface area contributed by atoms with Gasteiger partial charge in [-0.3, -0.25) is 10.1 Å². The smallest absolute Gasteiger partial charge is 0.258 e. The number of hydrogen-bond donors (Lipinski definition) is 2. The zero-order chi connectivity index (χ0) is 16.3. The summed E-state index contributed by atoms with van der Waals surface area (Å²) in [6.07, 6.45) is 0. The molecule has 0 aliphatic heterocycles. The highest BCUT2D eigenvalue weighted by Crippen LogP contribution is 2.31. The SMILES string of the molecule is CNS(=O)(=O)c1ccc(SCCS(N)(=O)=O)c([N+](=O)[O-])c1. The van der Waals surface area contributed by atoms with Crippen LogP contribution in [0.5, 0.6) is 0 Å². The van der Waals surface area contributed by atoms with Crippen LogP contribution in [0.25, 0.3) is 0 Å². The molecule has 0 amide bonds. The van der Waals surface area contributed by atoms with Crippen LogP contribution in [0.15, 0.2) is 28.0 Å². The number of nitrogens with zero attached hydrogens (tertiary/aromatic N) is 1. The van der Waals surface area contributed by atoms with Gasteiger partial charge in [0.05, 0.1) is 20.5 Å². The van der Waals surface area contributed by atoms with Crippen molar-refractivity contribution in [1.82, 2.24) is 4.72 Å². The zero-order valence-electron chi connectivity index (χ0n) is 10.8. The molecule has 0 bridgehead atoms. The highest BCUT2D eigenvalue weighted by molar-refractivity contribution is 8.00. The number of nitrogens with two attached hydrogens (primary N) is 1. The molecule has 0 aliphatic rings. The normalized spacial score (nSPS) is 12.3. The van der Waals surface area contributed by atoms with Gasteiger partial charge < -0.3 is 0 Å². The van der Waals surface area contributed by atoms with Gasteiger partial charge >= 0.3 is 0 Å². The molecule has 1 aromatic rings. The van der Waals surface area contributed by atoms with Crippen molar-refractivity contribution < 1.29 is 21.8 Å². The average molecular weight is 355 g/mol. The molecule has 0 saturated carbocycles. The van der Waals surface area contributed by atoms with Gasteiger partial charge in [-0.25, -0.2) is 26.7 Å². The summed E-state index contributed by atoms with van der Waals surface area (Å²) >= 11 is 0.913. The molecule has 12 heteroatoms. The van der Waals surface area contributed by atoms with Crippen LogP contribution in [0, 0.1) is 10.1 Å². The lowest BCUT2D eigenvalue weighted by Crippen LogP contribution is -2.19. The van der Waals surface area contributed by atoms with Crippen molar-refractivity contribution in [2.24, 2.45) is 5.14 Å². The van der Waals surface area contributed by atoms with Gasteiger partial charge in [0.25, 0.3) is 5.69 Å². The van der Waals surface area contributed by atoms with Gasteiger partial charge in [-0.15, -0.1) is 11.8 Å². The predicted molar refractivity (Wildman–Crippen MR) is 78.0 cm³/mol. The van der Waals surface area contributed by atoms with Crippen LogP contribution in [0.4, 0.5) is 5.69 Å². The van der Waals surface area contributed by atoms with Gasteiger partial charge in [-0.05, 0) is 19.2 Å². The molecule has 3 N–H and O–H groups in total. The average Bonchev–Trinajstić information content (AvgIpc) is 2.37. The van der Waals surface area contributed by atoms with Crippen LogP contribution >= 0.6 is 11.8 Å². The van der Waals surface area contributed by atoms with Crippen molar-refractivity contribution >= 4 is 37.5 Å². The summed E-state index contributed by atoms with van der Waals surface area (Å²) in [5.74, 6) is -0.316. The Bertz CT molecular complexity index is 744. The lowest BCUT2D eigenvalue weighted by Gasteiger charge is -2.06. The number of thioether (sulfide) groups is 1. The Kier molecular flexibility index (Phi) is 5.69. The first-order valence-electron chi connectivity index (χ1n) is 5.42. The van der Waals surface area contributed by atoms with E-state index < -0.39 is 30.7 Å². The molecule has 0 atom stereocenters. The molecule has 21 heavy (non-hydrogen) atoms. The monoisotopic (exact) mass is 355 g/mol. The second-order valence-electron chi connectivity index (χ2n) is 3.81. The van der Waals surface area contributed by atoms with Gasteiger partial charge in [-0.2, -0.15) is 0 Å². The molecule has 1 aromatic carbocycles. The Hall–Kier alpha value is -1.21. The van der Waals surface area contributed by atoms with Gasteiger partial charge in [0.1, 0.15) is 0 Å². The van der Waals surface area contributed by atoms with E-state index in [0.717, 1.165) is 17.8 Å². The minimum absolute atomic E-state index is 0.0256. The fourth-order valence-electron chi connectivity index (χ4n) is 1.31. The van der Waals surface area contributed by atoms with Crippen LogP contribution < -0.4 is 9.86 Å². The van der Waals surface area contributed by atoms with Gasteiger partial charge in [-0.1, -0.05) is 0 Å². The third-order valence-corrected chi connectivity index (χ3v) is 5.84. The number of nitro benzene ring substituents is 1. The van der Waals surface area contributed by atoms with Gasteiger partial charge in [0.2, 0.25) is 20.0 Å². The van der Waals surface area contributed by atoms with Crippen molar-refractivity contribution in [3.05, 3.63) is 28.3 Å². The molecule has 0 aromatic heterocycles. The summed E-state index contributed by atoms with van der Waals surface area (Å²) in [7, 11) is -6.26. The Morgan fingerprint density at radius 1 is 1.33 bits per heavy atom. The predicted octanol–water partition coefficient (Wildman–Crippen LogP) is -0.116. The molecule has 1 rings (SSSR count). The van der Waals surface area contributed by atoms with E-state index in [0.29, 0.717) is 0 Å². The molecule has 0 saturated heterocycles. The minimum Gasteiger partial charge on any atom is -0.258 e. The molecule has 9 nitrogen and oxygen atoms in total. The van der Waals surface area contributed by atoms with E-state index in [4.69, 9.17) is 5.14 Å². The Morgan fingerprint density at radius 2 is 1.95 bits per heavy atom. The number of sulfonamides is 2. The van der Waals surface area contributed by atoms with E-state index in [1.54, 1.807) is 0 Å². The molecular weight excluding hydrogens is 342 g/mol. The summed E-state index contributed by atoms with van der Waals surface area (Å²) in [6, 6.07) is 3.39. The molecule has 0 unspecified atom stereocenters. The van der Waals surface area contributed by atoms with E-state index >= 15 is 0 Å². The molecule has 0 radical (unpaired) electrons. The fraction of sp³-hybridized carbons (Fsp3) is 0.333. The molecule has 0 spiro atoms. The maximum absolute atomic E-state index is 11.6. The van der Waals surface area contributed by atoms with Crippen molar-refractivity contribution in [2.75, 3.05) is 18.6 Å². The first-order valence-corrected chi connectivity index (χ1v) is 9.60. The Labute approximate surface area is 126 Å². The molecule has 0 aliphatic carbocycles. The highest BCUT2D eigenvalue weighted by atomic mass is 32.2. The fourth-order valence-corrected chi connectivity index (χ4v) is 3.99. The number of rotatable bonds is 7. The lowest BCUT2D eigenvalue weighted by atomic mass is 10.3. The van der Waals surface area contributed by atoms with Crippen LogP contribution in [-0.2, 0) is 20.0 Å². The number of benzene rings is 1. The van der Waals surface area contributed by atoms with E-state index in [9.17, 15) is 26.9 Å². The van der Waals surface area contributed by atoms with Gasteiger partial charge in [0.15, 0.2) is 0 Å². The molecule has 0 fully saturated rings. The largest absolute Gasteiger partial charge is 0.284 e. The number of nitrogens with one attached hydrogen (secondary N) is 1. The first kappa shape index (κ1) is 17.8. The molecular formula is C9H13N3O6S3.